The van der Waals surface area contributed by atoms with Crippen molar-refractivity contribution >= 4 is 22.0 Å². The minimum absolute atomic E-state index is 0.0678. The van der Waals surface area contributed by atoms with Crippen LogP contribution < -0.4 is 0 Å². The largest absolute Gasteiger partial charge is 0.417 e. The first-order valence-corrected chi connectivity index (χ1v) is 6.70. The zero-order chi connectivity index (χ0) is 12.9. The zero-order valence-corrected chi connectivity index (χ0v) is 11.7. The van der Waals surface area contributed by atoms with Gasteiger partial charge >= 0.3 is 7.01 Å². The molecule has 2 aliphatic rings. The molecule has 2 unspecified atom stereocenters. The lowest BCUT2D eigenvalue weighted by Crippen LogP contribution is -2.65. The fourth-order valence-electron chi connectivity index (χ4n) is 3.76. The third kappa shape index (κ3) is 1.90. The molecule has 1 saturated carbocycles. The highest BCUT2D eigenvalue weighted by Gasteiger charge is 2.65. The molecular weight excluding hydrogens is 209 g/mol. The Morgan fingerprint density at radius 1 is 1.18 bits per heavy atom. The molecule has 1 aliphatic carbocycles. The first-order chi connectivity index (χ1) is 7.72. The normalized spacial score (nSPS) is 40.5. The summed E-state index contributed by atoms with van der Waals surface area (Å²) in [6, 6.07) is 0. The van der Waals surface area contributed by atoms with Gasteiger partial charge in [0.25, 0.3) is 0 Å². The summed E-state index contributed by atoms with van der Waals surface area (Å²) in [4.78, 5) is 0. The SMILES string of the molecule is [B]B1OC2(C)CCCC(C)(C)C2([B]C(C)C)O1. The topological polar surface area (TPSA) is 18.5 Å². The van der Waals surface area contributed by atoms with Gasteiger partial charge in [0.2, 0.25) is 0 Å². The van der Waals surface area contributed by atoms with E-state index >= 15 is 0 Å². The Kier molecular flexibility index (Phi) is 3.23. The molecule has 2 nitrogen and oxygen atoms in total. The van der Waals surface area contributed by atoms with E-state index in [9.17, 15) is 0 Å². The lowest BCUT2D eigenvalue weighted by molar-refractivity contribution is -0.0913. The Bertz CT molecular complexity index is 308. The van der Waals surface area contributed by atoms with Crippen LogP contribution in [0.4, 0.5) is 0 Å². The third-order valence-corrected chi connectivity index (χ3v) is 4.49. The minimum atomic E-state index is -0.590. The molecule has 2 fully saturated rings. The van der Waals surface area contributed by atoms with Crippen LogP contribution in [0.1, 0.15) is 53.9 Å². The van der Waals surface area contributed by atoms with Gasteiger partial charge in [0.1, 0.15) is 7.74 Å². The van der Waals surface area contributed by atoms with Crippen LogP contribution in [0.3, 0.4) is 0 Å². The van der Waals surface area contributed by atoms with E-state index in [1.807, 2.05) is 0 Å². The summed E-state index contributed by atoms with van der Waals surface area (Å²) < 4.78 is 12.0. The first kappa shape index (κ1) is 13.5. The quantitative estimate of drug-likeness (QED) is 0.679. The zero-order valence-electron chi connectivity index (χ0n) is 11.7. The molecule has 0 N–H and O–H groups in total. The van der Waals surface area contributed by atoms with E-state index < -0.39 is 7.01 Å². The van der Waals surface area contributed by atoms with E-state index in [-0.39, 0.29) is 16.5 Å². The van der Waals surface area contributed by atoms with Crippen LogP contribution in [0.5, 0.6) is 0 Å². The molecule has 0 aromatic heterocycles. The molecule has 3 radical (unpaired) electrons. The number of rotatable bonds is 2. The van der Waals surface area contributed by atoms with E-state index in [1.54, 1.807) is 0 Å². The molecule has 1 heterocycles. The highest BCUT2D eigenvalue weighted by molar-refractivity contribution is 6.96. The molecule has 2 atom stereocenters. The van der Waals surface area contributed by atoms with Crippen LogP contribution in [0.15, 0.2) is 0 Å². The Hall–Kier alpha value is 0.115. The van der Waals surface area contributed by atoms with Crippen molar-refractivity contribution in [2.45, 2.75) is 70.8 Å². The Labute approximate surface area is 108 Å². The van der Waals surface area contributed by atoms with Crippen LogP contribution >= 0.6 is 0 Å². The van der Waals surface area contributed by atoms with Crippen LogP contribution in [0.2, 0.25) is 5.82 Å². The molecule has 2 rings (SSSR count). The van der Waals surface area contributed by atoms with Gasteiger partial charge in [0.15, 0.2) is 7.28 Å². The summed E-state index contributed by atoms with van der Waals surface area (Å²) in [6.45, 7) is 11.1. The second-order valence-corrected chi connectivity index (χ2v) is 6.72. The van der Waals surface area contributed by atoms with E-state index in [0.717, 1.165) is 12.8 Å². The molecule has 1 aliphatic heterocycles. The van der Waals surface area contributed by atoms with Gasteiger partial charge in [-0.3, -0.25) is 0 Å². The average molecular weight is 231 g/mol. The fraction of sp³-hybridized carbons (Fsp3) is 1.00. The highest BCUT2D eigenvalue weighted by Crippen LogP contribution is 2.56. The molecule has 91 valence electrons. The molecule has 5 heteroatoms. The van der Waals surface area contributed by atoms with Gasteiger partial charge in [-0.25, -0.2) is 0 Å². The van der Waals surface area contributed by atoms with Gasteiger partial charge in [0, 0.05) is 0 Å². The van der Waals surface area contributed by atoms with Crippen LogP contribution in [-0.4, -0.2) is 33.1 Å². The van der Waals surface area contributed by atoms with Crippen molar-refractivity contribution in [1.82, 2.24) is 0 Å². The predicted octanol–water partition coefficient (Wildman–Crippen LogP) is 2.38. The molecule has 0 spiro atoms. The first-order valence-electron chi connectivity index (χ1n) is 6.70. The monoisotopic (exact) mass is 231 g/mol. The van der Waals surface area contributed by atoms with Gasteiger partial charge < -0.3 is 9.31 Å². The van der Waals surface area contributed by atoms with Crippen LogP contribution in [-0.2, 0) is 9.31 Å². The van der Waals surface area contributed by atoms with Crippen molar-refractivity contribution in [2.75, 3.05) is 0 Å². The fourth-order valence-corrected chi connectivity index (χ4v) is 3.76. The van der Waals surface area contributed by atoms with E-state index in [4.69, 9.17) is 17.0 Å². The molecular formula is C12H22B3O2. The number of fused-ring (bicyclic) bond motifs is 1. The van der Waals surface area contributed by atoms with Gasteiger partial charge in [-0.05, 0) is 31.6 Å². The molecule has 1 saturated heterocycles. The van der Waals surface area contributed by atoms with Gasteiger partial charge in [-0.15, -0.1) is 0 Å². The molecule has 0 aromatic carbocycles. The Morgan fingerprint density at radius 2 is 1.82 bits per heavy atom. The van der Waals surface area contributed by atoms with Crippen LogP contribution in [0.25, 0.3) is 0 Å². The number of hydrogen-bond acceptors (Lipinski definition) is 2. The standard InChI is InChI=1S/C12H22B3O2/c1-9(2)14-12-10(3,4)7-6-8-11(12,5)16-15(13)17-12/h9H,6-8H2,1-5H3. The van der Waals surface area contributed by atoms with E-state index in [0.29, 0.717) is 5.82 Å². The van der Waals surface area contributed by atoms with Crippen LogP contribution in [0, 0.1) is 5.41 Å². The summed E-state index contributed by atoms with van der Waals surface area (Å²) in [6.07, 6.45) is 3.35. The summed E-state index contributed by atoms with van der Waals surface area (Å²) in [5.74, 6) is 0.459. The van der Waals surface area contributed by atoms with E-state index in [1.165, 1.54) is 6.42 Å². The van der Waals surface area contributed by atoms with Crippen molar-refractivity contribution in [2.24, 2.45) is 5.41 Å². The summed E-state index contributed by atoms with van der Waals surface area (Å²) in [5, 5.41) is 0. The van der Waals surface area contributed by atoms with Gasteiger partial charge in [-0.2, -0.15) is 0 Å². The average Bonchev–Trinajstić information content (AvgIpc) is 2.37. The maximum atomic E-state index is 6.08. The van der Waals surface area contributed by atoms with Crippen molar-refractivity contribution in [3.8, 4) is 0 Å². The third-order valence-electron chi connectivity index (χ3n) is 4.49. The van der Waals surface area contributed by atoms with Crippen molar-refractivity contribution in [3.05, 3.63) is 0 Å². The molecule has 0 aromatic rings. The van der Waals surface area contributed by atoms with Crippen molar-refractivity contribution in [1.29, 1.82) is 0 Å². The van der Waals surface area contributed by atoms with Gasteiger partial charge in [0.05, 0.1) is 11.1 Å². The maximum Gasteiger partial charge on any atom is 0.387 e. The van der Waals surface area contributed by atoms with Crippen molar-refractivity contribution in [3.63, 3.8) is 0 Å². The lowest BCUT2D eigenvalue weighted by Gasteiger charge is -2.56. The number of hydrogen-bond donors (Lipinski definition) is 0. The molecule has 0 amide bonds. The lowest BCUT2D eigenvalue weighted by atomic mass is 9.37. The highest BCUT2D eigenvalue weighted by atomic mass is 16.7. The summed E-state index contributed by atoms with van der Waals surface area (Å²) in [7, 11) is 7.61. The Morgan fingerprint density at radius 3 is 2.41 bits per heavy atom. The second-order valence-electron chi connectivity index (χ2n) is 6.72. The second kappa shape index (κ2) is 4.06. The minimum Gasteiger partial charge on any atom is -0.417 e. The van der Waals surface area contributed by atoms with Gasteiger partial charge in [-0.1, -0.05) is 33.5 Å². The predicted molar refractivity (Wildman–Crippen MR) is 73.3 cm³/mol. The Balaban J connectivity index is 2.42. The van der Waals surface area contributed by atoms with E-state index in [2.05, 4.69) is 41.9 Å². The smallest absolute Gasteiger partial charge is 0.387 e. The molecule has 17 heavy (non-hydrogen) atoms. The van der Waals surface area contributed by atoms with Crippen molar-refractivity contribution < 1.29 is 9.31 Å². The summed E-state index contributed by atoms with van der Waals surface area (Å²) >= 11 is 0. The molecule has 0 bridgehead atoms. The maximum absolute atomic E-state index is 6.08. The summed E-state index contributed by atoms with van der Waals surface area (Å²) in [5.41, 5.74) is -0.567.